The van der Waals surface area contributed by atoms with Gasteiger partial charge in [0.15, 0.2) is 5.65 Å². The summed E-state index contributed by atoms with van der Waals surface area (Å²) in [5, 5.41) is 8.36. The van der Waals surface area contributed by atoms with Gasteiger partial charge in [0.25, 0.3) is 5.91 Å². The van der Waals surface area contributed by atoms with Crippen LogP contribution < -0.4 is 5.32 Å². The Labute approximate surface area is 157 Å². The minimum atomic E-state index is -0.0880. The molecule has 6 nitrogen and oxygen atoms in total. The molecule has 0 fully saturated rings. The first kappa shape index (κ1) is 17.1. The van der Waals surface area contributed by atoms with Gasteiger partial charge in [0.2, 0.25) is 0 Å². The number of pyridine rings is 1. The van der Waals surface area contributed by atoms with Crippen LogP contribution in [0.15, 0.2) is 48.8 Å². The Morgan fingerprint density at radius 3 is 2.93 bits per heavy atom. The molecule has 0 unspecified atom stereocenters. The second kappa shape index (κ2) is 7.15. The monoisotopic (exact) mass is 359 g/mol. The van der Waals surface area contributed by atoms with Crippen LogP contribution in [0.5, 0.6) is 0 Å². The van der Waals surface area contributed by atoms with E-state index < -0.39 is 0 Å². The molecule has 1 N–H and O–H groups in total. The first-order valence-electron chi connectivity index (χ1n) is 9.06. The number of aryl methyl sites for hydroxylation is 3. The van der Waals surface area contributed by atoms with E-state index in [0.29, 0.717) is 12.1 Å². The summed E-state index contributed by atoms with van der Waals surface area (Å²) in [4.78, 5) is 21.5. The van der Waals surface area contributed by atoms with Gasteiger partial charge >= 0.3 is 0 Å². The Kier molecular flexibility index (Phi) is 4.54. The maximum Gasteiger partial charge on any atom is 0.253 e. The summed E-state index contributed by atoms with van der Waals surface area (Å²) in [6.07, 6.45) is 5.52. The average Bonchev–Trinajstić information content (AvgIpc) is 3.03. The lowest BCUT2D eigenvalue weighted by atomic mass is 10.1. The first-order chi connectivity index (χ1) is 13.1. The predicted molar refractivity (Wildman–Crippen MR) is 105 cm³/mol. The van der Waals surface area contributed by atoms with Crippen molar-refractivity contribution in [1.29, 1.82) is 0 Å². The second-order valence-corrected chi connectivity index (χ2v) is 6.74. The zero-order valence-electron chi connectivity index (χ0n) is 15.4. The van der Waals surface area contributed by atoms with Gasteiger partial charge in [-0.15, -0.1) is 0 Å². The fraction of sp³-hybridized carbons (Fsp3) is 0.238. The third-order valence-electron chi connectivity index (χ3n) is 4.52. The topological polar surface area (TPSA) is 72.2 Å². The number of fused-ring (bicyclic) bond motifs is 2. The number of benzene rings is 1. The van der Waals surface area contributed by atoms with Crippen molar-refractivity contribution in [2.75, 3.05) is 6.54 Å². The highest BCUT2D eigenvalue weighted by Gasteiger charge is 2.11. The Hall–Kier alpha value is -3.28. The molecule has 3 heterocycles. The molecule has 1 aromatic carbocycles. The van der Waals surface area contributed by atoms with Gasteiger partial charge in [-0.2, -0.15) is 5.10 Å². The molecule has 3 aromatic heterocycles. The molecule has 0 aliphatic carbocycles. The van der Waals surface area contributed by atoms with E-state index in [1.807, 2.05) is 62.6 Å². The van der Waals surface area contributed by atoms with Crippen molar-refractivity contribution in [3.8, 4) is 0 Å². The van der Waals surface area contributed by atoms with E-state index >= 15 is 0 Å². The third kappa shape index (κ3) is 3.65. The maximum atomic E-state index is 12.6. The van der Waals surface area contributed by atoms with Crippen LogP contribution in [0.2, 0.25) is 0 Å². The fourth-order valence-electron chi connectivity index (χ4n) is 3.18. The Morgan fingerprint density at radius 1 is 1.15 bits per heavy atom. The SMILES string of the molecule is Cc1ccc2cccc(C(=O)NCCCc3cnc4cc(C)nn4c3)c2n1. The van der Waals surface area contributed by atoms with E-state index in [-0.39, 0.29) is 5.91 Å². The average molecular weight is 359 g/mol. The van der Waals surface area contributed by atoms with Crippen LogP contribution >= 0.6 is 0 Å². The molecule has 0 aliphatic rings. The van der Waals surface area contributed by atoms with Gasteiger partial charge in [-0.05, 0) is 44.4 Å². The van der Waals surface area contributed by atoms with Crippen molar-refractivity contribution in [3.63, 3.8) is 0 Å². The standard InChI is InChI=1S/C21H21N5O/c1-14-8-9-17-6-3-7-18(20(17)24-14)21(27)22-10-4-5-16-12-23-19-11-15(2)25-26(19)13-16/h3,6-9,11-13H,4-5,10H2,1-2H3,(H,22,27). The van der Waals surface area contributed by atoms with Crippen molar-refractivity contribution >= 4 is 22.5 Å². The number of nitrogens with one attached hydrogen (secondary N) is 1. The molecule has 0 spiro atoms. The van der Waals surface area contributed by atoms with E-state index in [4.69, 9.17) is 0 Å². The zero-order valence-corrected chi connectivity index (χ0v) is 15.4. The Morgan fingerprint density at radius 2 is 2.04 bits per heavy atom. The van der Waals surface area contributed by atoms with Crippen LogP contribution in [0.3, 0.4) is 0 Å². The number of carbonyl (C=O) groups excluding carboxylic acids is 1. The number of hydrogen-bond donors (Lipinski definition) is 1. The van der Waals surface area contributed by atoms with Gasteiger partial charge in [0, 0.05) is 36.1 Å². The molecular weight excluding hydrogens is 338 g/mol. The molecule has 0 saturated carbocycles. The molecule has 0 aliphatic heterocycles. The van der Waals surface area contributed by atoms with E-state index in [1.54, 1.807) is 4.52 Å². The molecule has 4 rings (SSSR count). The summed E-state index contributed by atoms with van der Waals surface area (Å²) < 4.78 is 1.80. The van der Waals surface area contributed by atoms with E-state index in [0.717, 1.165) is 46.3 Å². The lowest BCUT2D eigenvalue weighted by Gasteiger charge is -2.08. The summed E-state index contributed by atoms with van der Waals surface area (Å²) in [6, 6.07) is 11.6. The van der Waals surface area contributed by atoms with Crippen molar-refractivity contribution in [2.24, 2.45) is 0 Å². The molecular formula is C21H21N5O. The van der Waals surface area contributed by atoms with Gasteiger partial charge in [-0.1, -0.05) is 18.2 Å². The summed E-state index contributed by atoms with van der Waals surface area (Å²) >= 11 is 0. The van der Waals surface area contributed by atoms with Gasteiger partial charge in [-0.3, -0.25) is 9.78 Å². The second-order valence-electron chi connectivity index (χ2n) is 6.74. The number of hydrogen-bond acceptors (Lipinski definition) is 4. The lowest BCUT2D eigenvalue weighted by molar-refractivity contribution is 0.0954. The third-order valence-corrected chi connectivity index (χ3v) is 4.52. The summed E-state index contributed by atoms with van der Waals surface area (Å²) in [5.41, 5.74) is 5.17. The molecule has 6 heteroatoms. The first-order valence-corrected chi connectivity index (χ1v) is 9.06. The number of rotatable bonds is 5. The van der Waals surface area contributed by atoms with Crippen LogP contribution in [-0.4, -0.2) is 32.0 Å². The van der Waals surface area contributed by atoms with Crippen molar-refractivity contribution in [2.45, 2.75) is 26.7 Å². The van der Waals surface area contributed by atoms with Crippen molar-refractivity contribution < 1.29 is 4.79 Å². The molecule has 1 amide bonds. The Bertz CT molecular complexity index is 1130. The Balaban J connectivity index is 1.38. The maximum absolute atomic E-state index is 12.6. The summed E-state index contributed by atoms with van der Waals surface area (Å²) in [7, 11) is 0. The van der Waals surface area contributed by atoms with Crippen LogP contribution in [-0.2, 0) is 6.42 Å². The van der Waals surface area contributed by atoms with Gasteiger partial charge in [0.05, 0.1) is 16.8 Å². The molecule has 136 valence electrons. The van der Waals surface area contributed by atoms with Gasteiger partial charge < -0.3 is 5.32 Å². The van der Waals surface area contributed by atoms with E-state index in [2.05, 4.69) is 20.4 Å². The summed E-state index contributed by atoms with van der Waals surface area (Å²) in [5.74, 6) is -0.0880. The lowest BCUT2D eigenvalue weighted by Crippen LogP contribution is -2.25. The zero-order chi connectivity index (χ0) is 18.8. The highest BCUT2D eigenvalue weighted by Crippen LogP contribution is 2.17. The number of amides is 1. The predicted octanol–water partition coefficient (Wildman–Crippen LogP) is 3.26. The molecule has 0 atom stereocenters. The van der Waals surface area contributed by atoms with Gasteiger partial charge in [-0.25, -0.2) is 9.50 Å². The smallest absolute Gasteiger partial charge is 0.253 e. The number of aromatic nitrogens is 4. The van der Waals surface area contributed by atoms with Crippen LogP contribution in [0.4, 0.5) is 0 Å². The van der Waals surface area contributed by atoms with E-state index in [9.17, 15) is 4.79 Å². The van der Waals surface area contributed by atoms with Crippen LogP contribution in [0.25, 0.3) is 16.6 Å². The number of carbonyl (C=O) groups is 1. The molecule has 0 saturated heterocycles. The number of nitrogens with zero attached hydrogens (tertiary/aromatic N) is 4. The van der Waals surface area contributed by atoms with E-state index in [1.165, 1.54) is 0 Å². The normalized spacial score (nSPS) is 11.2. The largest absolute Gasteiger partial charge is 0.352 e. The van der Waals surface area contributed by atoms with Gasteiger partial charge in [0.1, 0.15) is 0 Å². The van der Waals surface area contributed by atoms with Crippen molar-refractivity contribution in [1.82, 2.24) is 24.9 Å². The fourth-order valence-corrected chi connectivity index (χ4v) is 3.18. The molecule has 0 radical (unpaired) electrons. The highest BCUT2D eigenvalue weighted by molar-refractivity contribution is 6.05. The minimum absolute atomic E-state index is 0.0880. The summed E-state index contributed by atoms with van der Waals surface area (Å²) in [6.45, 7) is 4.48. The number of para-hydroxylation sites is 1. The molecule has 4 aromatic rings. The van der Waals surface area contributed by atoms with Crippen LogP contribution in [0, 0.1) is 13.8 Å². The van der Waals surface area contributed by atoms with Crippen molar-refractivity contribution in [3.05, 3.63) is 71.3 Å². The minimum Gasteiger partial charge on any atom is -0.352 e. The highest BCUT2D eigenvalue weighted by atomic mass is 16.1. The van der Waals surface area contributed by atoms with Crippen LogP contribution in [0.1, 0.15) is 33.7 Å². The quantitative estimate of drug-likeness (QED) is 0.555. The molecule has 27 heavy (non-hydrogen) atoms. The molecule has 0 bridgehead atoms.